The Morgan fingerprint density at radius 1 is 1.03 bits per heavy atom. The minimum Gasteiger partial charge on any atom is -0.493 e. The SMILES string of the molecule is COc1cc(/C=N\NC(=O)CNc2ccc(C)cc2)cc(Cl)c1OCc1ccc(Cl)cc1Cl. The Bertz CT molecular complexity index is 1150. The van der Waals surface area contributed by atoms with Gasteiger partial charge in [-0.1, -0.05) is 58.6 Å². The third-order valence-electron chi connectivity index (χ3n) is 4.55. The van der Waals surface area contributed by atoms with Crippen LogP contribution in [0.4, 0.5) is 5.69 Å². The molecule has 0 aliphatic carbocycles. The Morgan fingerprint density at radius 3 is 2.48 bits per heavy atom. The van der Waals surface area contributed by atoms with Crippen LogP contribution < -0.4 is 20.2 Å². The summed E-state index contributed by atoms with van der Waals surface area (Å²) in [6, 6.07) is 16.3. The number of ether oxygens (including phenoxy) is 2. The maximum atomic E-state index is 12.0. The standard InChI is InChI=1S/C24H22Cl3N3O3/c1-15-3-7-19(8-4-15)28-13-23(31)30-29-12-16-9-21(27)24(22(10-16)32-2)33-14-17-5-6-18(25)11-20(17)26/h3-12,28H,13-14H2,1-2H3,(H,30,31)/b29-12-. The molecule has 172 valence electrons. The molecule has 0 aliphatic rings. The summed E-state index contributed by atoms with van der Waals surface area (Å²) in [5, 5.41) is 8.37. The highest BCUT2D eigenvalue weighted by Gasteiger charge is 2.13. The molecule has 0 aromatic heterocycles. The third-order valence-corrected chi connectivity index (χ3v) is 5.41. The van der Waals surface area contributed by atoms with Crippen LogP contribution in [0.15, 0.2) is 59.7 Å². The highest BCUT2D eigenvalue weighted by Crippen LogP contribution is 2.37. The predicted molar refractivity (Wildman–Crippen MR) is 134 cm³/mol. The Kier molecular flexibility index (Phi) is 8.83. The molecule has 3 aromatic rings. The quantitative estimate of drug-likeness (QED) is 0.271. The Labute approximate surface area is 207 Å². The van der Waals surface area contributed by atoms with Gasteiger partial charge >= 0.3 is 0 Å². The van der Waals surface area contributed by atoms with Crippen LogP contribution in [0, 0.1) is 6.92 Å². The smallest absolute Gasteiger partial charge is 0.259 e. The maximum Gasteiger partial charge on any atom is 0.259 e. The molecule has 0 bridgehead atoms. The monoisotopic (exact) mass is 505 g/mol. The minimum atomic E-state index is -0.287. The van der Waals surface area contributed by atoms with Crippen molar-refractivity contribution in [3.05, 3.63) is 86.4 Å². The zero-order chi connectivity index (χ0) is 23.8. The van der Waals surface area contributed by atoms with Crippen LogP contribution in [0.3, 0.4) is 0 Å². The van der Waals surface area contributed by atoms with E-state index in [1.54, 1.807) is 30.3 Å². The summed E-state index contributed by atoms with van der Waals surface area (Å²) < 4.78 is 11.2. The van der Waals surface area contributed by atoms with E-state index >= 15 is 0 Å². The molecule has 3 rings (SSSR count). The van der Waals surface area contributed by atoms with Crippen molar-refractivity contribution < 1.29 is 14.3 Å². The highest BCUT2D eigenvalue weighted by atomic mass is 35.5. The van der Waals surface area contributed by atoms with Gasteiger partial charge < -0.3 is 14.8 Å². The third kappa shape index (κ3) is 7.29. The van der Waals surface area contributed by atoms with Crippen molar-refractivity contribution in [2.75, 3.05) is 19.0 Å². The van der Waals surface area contributed by atoms with E-state index in [1.807, 2.05) is 31.2 Å². The van der Waals surface area contributed by atoms with Gasteiger partial charge in [-0.15, -0.1) is 0 Å². The number of nitrogens with zero attached hydrogens (tertiary/aromatic N) is 1. The number of amides is 1. The molecule has 9 heteroatoms. The van der Waals surface area contributed by atoms with Crippen molar-refractivity contribution in [2.45, 2.75) is 13.5 Å². The molecule has 0 aliphatic heterocycles. The number of benzene rings is 3. The van der Waals surface area contributed by atoms with E-state index in [2.05, 4.69) is 15.8 Å². The molecule has 6 nitrogen and oxygen atoms in total. The van der Waals surface area contributed by atoms with Gasteiger partial charge in [0.25, 0.3) is 5.91 Å². The van der Waals surface area contributed by atoms with Gasteiger partial charge in [0.2, 0.25) is 0 Å². The molecular weight excluding hydrogens is 485 g/mol. The lowest BCUT2D eigenvalue weighted by atomic mass is 10.2. The lowest BCUT2D eigenvalue weighted by molar-refractivity contribution is -0.119. The second kappa shape index (κ2) is 11.8. The van der Waals surface area contributed by atoms with E-state index in [-0.39, 0.29) is 19.1 Å². The zero-order valence-electron chi connectivity index (χ0n) is 18.0. The number of nitrogens with one attached hydrogen (secondary N) is 2. The Morgan fingerprint density at radius 2 is 1.79 bits per heavy atom. The molecule has 0 spiro atoms. The van der Waals surface area contributed by atoms with Gasteiger partial charge in [0.15, 0.2) is 11.5 Å². The molecule has 0 saturated heterocycles. The average Bonchev–Trinajstić information content (AvgIpc) is 2.78. The Balaban J connectivity index is 1.59. The van der Waals surface area contributed by atoms with Crippen LogP contribution >= 0.6 is 34.8 Å². The summed E-state index contributed by atoms with van der Waals surface area (Å²) in [4.78, 5) is 12.0. The van der Waals surface area contributed by atoms with Crippen LogP contribution in [0.5, 0.6) is 11.5 Å². The maximum absolute atomic E-state index is 12.0. The number of rotatable bonds is 9. The summed E-state index contributed by atoms with van der Waals surface area (Å²) >= 11 is 18.5. The van der Waals surface area contributed by atoms with Crippen molar-refractivity contribution >= 4 is 52.6 Å². The summed E-state index contributed by atoms with van der Waals surface area (Å²) in [6.07, 6.45) is 1.47. The first-order valence-corrected chi connectivity index (χ1v) is 11.1. The van der Waals surface area contributed by atoms with E-state index in [0.29, 0.717) is 32.1 Å². The molecule has 2 N–H and O–H groups in total. The number of hydrazone groups is 1. The van der Waals surface area contributed by atoms with Crippen molar-refractivity contribution in [3.63, 3.8) is 0 Å². The first-order valence-electron chi connectivity index (χ1n) is 9.92. The number of carbonyl (C=O) groups excluding carboxylic acids is 1. The molecule has 0 radical (unpaired) electrons. The molecule has 0 saturated carbocycles. The number of carbonyl (C=O) groups is 1. The fraction of sp³-hybridized carbons (Fsp3) is 0.167. The second-order valence-corrected chi connectivity index (χ2v) is 8.32. The van der Waals surface area contributed by atoms with Gasteiger partial charge in [-0.3, -0.25) is 4.79 Å². The minimum absolute atomic E-state index is 0.0878. The average molecular weight is 507 g/mol. The van der Waals surface area contributed by atoms with Crippen LogP contribution in [-0.4, -0.2) is 25.8 Å². The molecule has 0 heterocycles. The van der Waals surface area contributed by atoms with E-state index in [4.69, 9.17) is 44.3 Å². The van der Waals surface area contributed by atoms with Gasteiger partial charge in [-0.05, 0) is 48.9 Å². The summed E-state index contributed by atoms with van der Waals surface area (Å²) in [6.45, 7) is 2.27. The van der Waals surface area contributed by atoms with Crippen LogP contribution in [0.2, 0.25) is 15.1 Å². The predicted octanol–water partition coefficient (Wildman–Crippen LogP) is 6.11. The topological polar surface area (TPSA) is 72.0 Å². The zero-order valence-corrected chi connectivity index (χ0v) is 20.3. The molecule has 33 heavy (non-hydrogen) atoms. The van der Waals surface area contributed by atoms with Crippen LogP contribution in [-0.2, 0) is 11.4 Å². The van der Waals surface area contributed by atoms with Crippen molar-refractivity contribution in [1.29, 1.82) is 0 Å². The van der Waals surface area contributed by atoms with E-state index in [9.17, 15) is 4.79 Å². The first kappa shape index (κ1) is 24.7. The summed E-state index contributed by atoms with van der Waals surface area (Å²) in [5.74, 6) is 0.500. The summed E-state index contributed by atoms with van der Waals surface area (Å²) in [5.41, 5.74) is 5.85. The summed E-state index contributed by atoms with van der Waals surface area (Å²) in [7, 11) is 1.51. The van der Waals surface area contributed by atoms with Crippen LogP contribution in [0.1, 0.15) is 16.7 Å². The molecule has 3 aromatic carbocycles. The van der Waals surface area contributed by atoms with Gasteiger partial charge in [-0.2, -0.15) is 5.10 Å². The van der Waals surface area contributed by atoms with Crippen molar-refractivity contribution in [1.82, 2.24) is 5.43 Å². The van der Waals surface area contributed by atoms with E-state index in [0.717, 1.165) is 16.8 Å². The van der Waals surface area contributed by atoms with Crippen LogP contribution in [0.25, 0.3) is 0 Å². The number of methoxy groups -OCH3 is 1. The number of halogens is 3. The highest BCUT2D eigenvalue weighted by molar-refractivity contribution is 6.35. The molecule has 1 amide bonds. The first-order chi connectivity index (χ1) is 15.9. The number of hydrogen-bond donors (Lipinski definition) is 2. The lowest BCUT2D eigenvalue weighted by Crippen LogP contribution is -2.25. The van der Waals surface area contributed by atoms with Gasteiger partial charge in [-0.25, -0.2) is 5.43 Å². The molecule has 0 unspecified atom stereocenters. The molecular formula is C24H22Cl3N3O3. The molecule has 0 atom stereocenters. The van der Waals surface area contributed by atoms with Gasteiger partial charge in [0, 0.05) is 21.3 Å². The van der Waals surface area contributed by atoms with E-state index in [1.165, 1.54) is 13.3 Å². The Hall–Kier alpha value is -2.93. The van der Waals surface area contributed by atoms with Crippen molar-refractivity contribution in [2.24, 2.45) is 5.10 Å². The number of aryl methyl sites for hydroxylation is 1. The normalized spacial score (nSPS) is 10.8. The fourth-order valence-corrected chi connectivity index (χ4v) is 3.55. The number of anilines is 1. The second-order valence-electron chi connectivity index (χ2n) is 7.07. The van der Waals surface area contributed by atoms with Gasteiger partial charge in [0.1, 0.15) is 6.61 Å². The largest absolute Gasteiger partial charge is 0.493 e. The molecule has 0 fully saturated rings. The van der Waals surface area contributed by atoms with Gasteiger partial charge in [0.05, 0.1) is 24.9 Å². The fourth-order valence-electron chi connectivity index (χ4n) is 2.82. The lowest BCUT2D eigenvalue weighted by Gasteiger charge is -2.14. The van der Waals surface area contributed by atoms with Crippen molar-refractivity contribution in [3.8, 4) is 11.5 Å². The van der Waals surface area contributed by atoms with E-state index < -0.39 is 0 Å². The number of hydrogen-bond acceptors (Lipinski definition) is 5.